The van der Waals surface area contributed by atoms with Crippen LogP contribution in [0, 0.1) is 0 Å². The van der Waals surface area contributed by atoms with Crippen molar-refractivity contribution < 1.29 is 14.3 Å². The number of ether oxygens (including phenoxy) is 1. The SMILES string of the molecule is CC1=C(C(=O)OC(C)C)C(c2ccc(N(C)Cc3ccccc3)cc2)NC(=O)N1. The van der Waals surface area contributed by atoms with E-state index in [4.69, 9.17) is 4.74 Å². The average Bonchev–Trinajstić information content (AvgIpc) is 2.67. The van der Waals surface area contributed by atoms with Gasteiger partial charge in [-0.15, -0.1) is 0 Å². The molecule has 0 aliphatic carbocycles. The van der Waals surface area contributed by atoms with Crippen LogP contribution in [0.5, 0.6) is 0 Å². The molecule has 1 unspecified atom stereocenters. The van der Waals surface area contributed by atoms with Crippen LogP contribution in [0.3, 0.4) is 0 Å². The summed E-state index contributed by atoms with van der Waals surface area (Å²) < 4.78 is 5.38. The predicted molar refractivity (Wildman–Crippen MR) is 113 cm³/mol. The van der Waals surface area contributed by atoms with Gasteiger partial charge in [0.25, 0.3) is 0 Å². The third-order valence-corrected chi connectivity index (χ3v) is 4.76. The van der Waals surface area contributed by atoms with Gasteiger partial charge in [0.05, 0.1) is 17.7 Å². The highest BCUT2D eigenvalue weighted by Gasteiger charge is 2.32. The van der Waals surface area contributed by atoms with Crippen molar-refractivity contribution in [3.8, 4) is 0 Å². The first-order valence-electron chi connectivity index (χ1n) is 9.69. The van der Waals surface area contributed by atoms with E-state index in [1.807, 2.05) is 49.5 Å². The molecule has 152 valence electrons. The van der Waals surface area contributed by atoms with Crippen LogP contribution in [0.1, 0.15) is 37.9 Å². The van der Waals surface area contributed by atoms with Crippen molar-refractivity contribution >= 4 is 17.7 Å². The lowest BCUT2D eigenvalue weighted by molar-refractivity contribution is -0.143. The van der Waals surface area contributed by atoms with Crippen LogP contribution in [0.25, 0.3) is 0 Å². The third-order valence-electron chi connectivity index (χ3n) is 4.76. The highest BCUT2D eigenvalue weighted by Crippen LogP contribution is 2.29. The van der Waals surface area contributed by atoms with Crippen molar-refractivity contribution in [1.29, 1.82) is 0 Å². The normalized spacial score (nSPS) is 16.3. The Labute approximate surface area is 171 Å². The van der Waals surface area contributed by atoms with Crippen LogP contribution in [0.4, 0.5) is 10.5 Å². The molecule has 1 heterocycles. The van der Waals surface area contributed by atoms with Gasteiger partial charge in [-0.05, 0) is 44.0 Å². The summed E-state index contributed by atoms with van der Waals surface area (Å²) in [6.45, 7) is 6.10. The minimum atomic E-state index is -0.552. The summed E-state index contributed by atoms with van der Waals surface area (Å²) in [7, 11) is 2.03. The van der Waals surface area contributed by atoms with Gasteiger partial charge in [0, 0.05) is 25.0 Å². The summed E-state index contributed by atoms with van der Waals surface area (Å²) >= 11 is 0. The maximum Gasteiger partial charge on any atom is 0.338 e. The zero-order chi connectivity index (χ0) is 21.0. The van der Waals surface area contributed by atoms with Crippen LogP contribution >= 0.6 is 0 Å². The fraction of sp³-hybridized carbons (Fsp3) is 0.304. The van der Waals surface area contributed by atoms with E-state index in [1.165, 1.54) is 5.56 Å². The molecule has 0 aromatic heterocycles. The molecule has 0 spiro atoms. The second kappa shape index (κ2) is 8.82. The molecule has 0 saturated heterocycles. The van der Waals surface area contributed by atoms with E-state index in [1.54, 1.807) is 20.8 Å². The second-order valence-electron chi connectivity index (χ2n) is 7.46. The molecule has 1 atom stereocenters. The number of carbonyl (C=O) groups excluding carboxylic acids is 2. The summed E-state index contributed by atoms with van der Waals surface area (Å²) in [6, 6.07) is 17.2. The Morgan fingerprint density at radius 1 is 1.10 bits per heavy atom. The molecule has 1 aliphatic heterocycles. The molecule has 2 amide bonds. The minimum absolute atomic E-state index is 0.241. The molecule has 0 saturated carbocycles. The summed E-state index contributed by atoms with van der Waals surface area (Å²) in [5, 5.41) is 5.49. The number of amides is 2. The van der Waals surface area contributed by atoms with E-state index in [9.17, 15) is 9.59 Å². The van der Waals surface area contributed by atoms with Crippen molar-refractivity contribution in [2.75, 3.05) is 11.9 Å². The monoisotopic (exact) mass is 393 g/mol. The highest BCUT2D eigenvalue weighted by molar-refractivity contribution is 5.95. The fourth-order valence-electron chi connectivity index (χ4n) is 3.36. The molecule has 6 nitrogen and oxygen atoms in total. The molecular formula is C23H27N3O3. The maximum atomic E-state index is 12.6. The van der Waals surface area contributed by atoms with Gasteiger partial charge in [-0.1, -0.05) is 42.5 Å². The van der Waals surface area contributed by atoms with Crippen LogP contribution in [-0.2, 0) is 16.1 Å². The topological polar surface area (TPSA) is 70.7 Å². The molecule has 29 heavy (non-hydrogen) atoms. The fourth-order valence-corrected chi connectivity index (χ4v) is 3.36. The van der Waals surface area contributed by atoms with Crippen LogP contribution < -0.4 is 15.5 Å². The molecule has 6 heteroatoms. The van der Waals surface area contributed by atoms with Crippen molar-refractivity contribution in [1.82, 2.24) is 10.6 Å². The molecule has 0 radical (unpaired) electrons. The van der Waals surface area contributed by atoms with E-state index in [0.29, 0.717) is 11.3 Å². The third kappa shape index (κ3) is 4.96. The maximum absolute atomic E-state index is 12.6. The number of anilines is 1. The summed E-state index contributed by atoms with van der Waals surface area (Å²) in [5.74, 6) is -0.430. The summed E-state index contributed by atoms with van der Waals surface area (Å²) in [5.41, 5.74) is 4.02. The van der Waals surface area contributed by atoms with Gasteiger partial charge in [-0.2, -0.15) is 0 Å². The van der Waals surface area contributed by atoms with E-state index < -0.39 is 12.0 Å². The van der Waals surface area contributed by atoms with Gasteiger partial charge in [-0.25, -0.2) is 9.59 Å². The van der Waals surface area contributed by atoms with Gasteiger partial charge in [-0.3, -0.25) is 0 Å². The van der Waals surface area contributed by atoms with Gasteiger partial charge < -0.3 is 20.3 Å². The number of carbonyl (C=O) groups is 2. The number of rotatable bonds is 6. The number of nitrogens with one attached hydrogen (secondary N) is 2. The van der Waals surface area contributed by atoms with Crippen LogP contribution in [0.2, 0.25) is 0 Å². The summed E-state index contributed by atoms with van der Waals surface area (Å²) in [4.78, 5) is 26.8. The first-order valence-corrected chi connectivity index (χ1v) is 9.69. The van der Waals surface area contributed by atoms with Crippen LogP contribution in [0.15, 0.2) is 65.9 Å². The number of urea groups is 1. The first-order chi connectivity index (χ1) is 13.8. The van der Waals surface area contributed by atoms with Crippen molar-refractivity contribution in [2.45, 2.75) is 39.5 Å². The molecule has 2 aromatic carbocycles. The molecular weight excluding hydrogens is 366 g/mol. The molecule has 3 rings (SSSR count). The number of benzene rings is 2. The Morgan fingerprint density at radius 3 is 2.38 bits per heavy atom. The van der Waals surface area contributed by atoms with Crippen molar-refractivity contribution in [2.24, 2.45) is 0 Å². The van der Waals surface area contributed by atoms with E-state index in [2.05, 4.69) is 27.7 Å². The molecule has 0 fully saturated rings. The Balaban J connectivity index is 1.82. The quantitative estimate of drug-likeness (QED) is 0.730. The minimum Gasteiger partial charge on any atom is -0.459 e. The molecule has 0 bridgehead atoms. The zero-order valence-corrected chi connectivity index (χ0v) is 17.2. The van der Waals surface area contributed by atoms with Crippen molar-refractivity contribution in [3.63, 3.8) is 0 Å². The Morgan fingerprint density at radius 2 is 1.76 bits per heavy atom. The second-order valence-corrected chi connectivity index (χ2v) is 7.46. The smallest absolute Gasteiger partial charge is 0.338 e. The lowest BCUT2D eigenvalue weighted by Gasteiger charge is -2.29. The standard InChI is InChI=1S/C23H27N3O3/c1-15(2)29-22(27)20-16(3)24-23(28)25-21(20)18-10-12-19(13-11-18)26(4)14-17-8-6-5-7-9-17/h5-13,15,21H,14H2,1-4H3,(H2,24,25,28). The van der Waals surface area contributed by atoms with Gasteiger partial charge in [0.15, 0.2) is 0 Å². The Hall–Kier alpha value is -3.28. The molecule has 2 N–H and O–H groups in total. The number of nitrogens with zero attached hydrogens (tertiary/aromatic N) is 1. The lowest BCUT2D eigenvalue weighted by Crippen LogP contribution is -2.45. The molecule has 2 aromatic rings. The van der Waals surface area contributed by atoms with Crippen LogP contribution in [-0.4, -0.2) is 25.2 Å². The van der Waals surface area contributed by atoms with Crippen molar-refractivity contribution in [3.05, 3.63) is 77.0 Å². The Bertz CT molecular complexity index is 905. The highest BCUT2D eigenvalue weighted by atomic mass is 16.5. The number of hydrogen-bond donors (Lipinski definition) is 2. The number of esters is 1. The van der Waals surface area contributed by atoms with Gasteiger partial charge in [0.1, 0.15) is 0 Å². The average molecular weight is 393 g/mol. The van der Waals surface area contributed by atoms with E-state index in [-0.39, 0.29) is 12.1 Å². The van der Waals surface area contributed by atoms with E-state index >= 15 is 0 Å². The van der Waals surface area contributed by atoms with E-state index in [0.717, 1.165) is 17.8 Å². The molecule has 1 aliphatic rings. The largest absolute Gasteiger partial charge is 0.459 e. The van der Waals surface area contributed by atoms with Gasteiger partial charge in [0.2, 0.25) is 0 Å². The van der Waals surface area contributed by atoms with Gasteiger partial charge >= 0.3 is 12.0 Å². The summed E-state index contributed by atoms with van der Waals surface area (Å²) in [6.07, 6.45) is -0.241. The lowest BCUT2D eigenvalue weighted by atomic mass is 9.95. The Kier molecular flexibility index (Phi) is 6.22. The first kappa shape index (κ1) is 20.5. The number of allylic oxidation sites excluding steroid dienone is 1. The predicted octanol–water partition coefficient (Wildman–Crippen LogP) is 3.90. The number of hydrogen-bond acceptors (Lipinski definition) is 4. The zero-order valence-electron chi connectivity index (χ0n) is 17.2.